The lowest BCUT2D eigenvalue weighted by Gasteiger charge is -2.34. The first-order valence-corrected chi connectivity index (χ1v) is 11.8. The van der Waals surface area contributed by atoms with Crippen LogP contribution in [0.25, 0.3) is 10.2 Å². The number of amides is 1. The molecule has 1 aliphatic rings. The average Bonchev–Trinajstić information content (AvgIpc) is 3.17. The quantitative estimate of drug-likeness (QED) is 0.630. The number of hydrogen-bond acceptors (Lipinski definition) is 5. The normalized spacial score (nSPS) is 17.8. The summed E-state index contributed by atoms with van der Waals surface area (Å²) in [5, 5.41) is 0.941. The van der Waals surface area contributed by atoms with Crippen molar-refractivity contribution in [2.45, 2.75) is 30.2 Å². The molecule has 2 heterocycles. The van der Waals surface area contributed by atoms with Crippen LogP contribution in [0.2, 0.25) is 0 Å². The van der Waals surface area contributed by atoms with Crippen molar-refractivity contribution in [2.24, 2.45) is 0 Å². The zero-order chi connectivity index (χ0) is 20.6. The fourth-order valence-corrected chi connectivity index (χ4v) is 5.69. The van der Waals surface area contributed by atoms with Crippen LogP contribution in [0, 0.1) is 0 Å². The summed E-state index contributed by atoms with van der Waals surface area (Å²) < 4.78 is 27.2. The molecule has 1 amide bonds. The van der Waals surface area contributed by atoms with Gasteiger partial charge in [-0.3, -0.25) is 4.79 Å². The number of piperidine rings is 1. The minimum Gasteiger partial charge on any atom is -0.329 e. The molecule has 1 atom stereocenters. The van der Waals surface area contributed by atoms with Gasteiger partial charge < -0.3 is 4.90 Å². The summed E-state index contributed by atoms with van der Waals surface area (Å²) in [6.07, 6.45) is 2.84. The Morgan fingerprint density at radius 3 is 2.69 bits per heavy atom. The van der Waals surface area contributed by atoms with Crippen molar-refractivity contribution in [3.8, 4) is 0 Å². The summed E-state index contributed by atoms with van der Waals surface area (Å²) in [6, 6.07) is 14.2. The monoisotopic (exact) mass is 429 g/mol. The molecule has 1 fully saturated rings. The van der Waals surface area contributed by atoms with Crippen molar-refractivity contribution in [3.05, 3.63) is 59.1 Å². The lowest BCUT2D eigenvalue weighted by molar-refractivity contribution is 0.0611. The smallest absolute Gasteiger partial charge is 0.254 e. The Morgan fingerprint density at radius 1 is 1.14 bits per heavy atom. The standard InChI is InChI=1S/C21H23N3O3S2/c1-23(2)29(26,27)16-9-7-8-15(14-16)21(25)24-13-6-5-11-18(24)20-22-17-10-3-4-12-19(17)28-20/h3-4,7-10,12,14,18H,5-6,11,13H2,1-2H3. The van der Waals surface area contributed by atoms with Crippen LogP contribution in [0.3, 0.4) is 0 Å². The van der Waals surface area contributed by atoms with Gasteiger partial charge >= 0.3 is 0 Å². The molecule has 152 valence electrons. The van der Waals surface area contributed by atoms with Gasteiger partial charge in [0.15, 0.2) is 0 Å². The maximum absolute atomic E-state index is 13.3. The molecule has 0 aliphatic carbocycles. The third-order valence-electron chi connectivity index (χ3n) is 5.22. The Balaban J connectivity index is 1.68. The Hall–Kier alpha value is -2.29. The molecule has 1 aromatic heterocycles. The number of rotatable bonds is 4. The van der Waals surface area contributed by atoms with Crippen molar-refractivity contribution in [2.75, 3.05) is 20.6 Å². The molecular formula is C21H23N3O3S2. The van der Waals surface area contributed by atoms with E-state index in [4.69, 9.17) is 4.98 Å². The fraction of sp³-hybridized carbons (Fsp3) is 0.333. The molecule has 0 spiro atoms. The number of likely N-dealkylation sites (tertiary alicyclic amines) is 1. The highest BCUT2D eigenvalue weighted by atomic mass is 32.2. The molecule has 29 heavy (non-hydrogen) atoms. The molecule has 3 aromatic rings. The van der Waals surface area contributed by atoms with Gasteiger partial charge in [-0.05, 0) is 49.6 Å². The first-order valence-electron chi connectivity index (χ1n) is 9.57. The Kier molecular flexibility index (Phi) is 5.42. The zero-order valence-corrected chi connectivity index (χ0v) is 18.0. The van der Waals surface area contributed by atoms with Gasteiger partial charge in [-0.1, -0.05) is 18.2 Å². The van der Waals surface area contributed by atoms with Gasteiger partial charge in [0.05, 0.1) is 21.2 Å². The van der Waals surface area contributed by atoms with Crippen molar-refractivity contribution in [1.29, 1.82) is 0 Å². The topological polar surface area (TPSA) is 70.6 Å². The van der Waals surface area contributed by atoms with E-state index in [1.54, 1.807) is 23.5 Å². The van der Waals surface area contributed by atoms with Crippen LogP contribution in [-0.4, -0.2) is 49.2 Å². The van der Waals surface area contributed by atoms with Crippen molar-refractivity contribution >= 4 is 37.5 Å². The molecule has 1 saturated heterocycles. The van der Waals surface area contributed by atoms with E-state index in [-0.39, 0.29) is 16.8 Å². The summed E-state index contributed by atoms with van der Waals surface area (Å²) in [4.78, 5) is 20.1. The van der Waals surface area contributed by atoms with Crippen molar-refractivity contribution in [1.82, 2.24) is 14.2 Å². The van der Waals surface area contributed by atoms with E-state index in [2.05, 4.69) is 0 Å². The number of hydrogen-bond donors (Lipinski definition) is 0. The highest BCUT2D eigenvalue weighted by molar-refractivity contribution is 7.89. The van der Waals surface area contributed by atoms with Crippen LogP contribution >= 0.6 is 11.3 Å². The van der Waals surface area contributed by atoms with E-state index < -0.39 is 10.0 Å². The fourth-order valence-electron chi connectivity index (χ4n) is 3.63. The number of sulfonamides is 1. The second-order valence-electron chi connectivity index (χ2n) is 7.35. The van der Waals surface area contributed by atoms with Gasteiger partial charge in [-0.25, -0.2) is 17.7 Å². The molecule has 0 bridgehead atoms. The van der Waals surface area contributed by atoms with Crippen molar-refractivity contribution in [3.63, 3.8) is 0 Å². The summed E-state index contributed by atoms with van der Waals surface area (Å²) in [6.45, 7) is 0.643. The molecule has 1 unspecified atom stereocenters. The highest BCUT2D eigenvalue weighted by Crippen LogP contribution is 2.36. The molecule has 1 aliphatic heterocycles. The number of benzene rings is 2. The van der Waals surface area contributed by atoms with E-state index in [9.17, 15) is 13.2 Å². The maximum Gasteiger partial charge on any atom is 0.254 e. The van der Waals surface area contributed by atoms with Gasteiger partial charge in [0.25, 0.3) is 5.91 Å². The Labute approximate surface area is 174 Å². The van der Waals surface area contributed by atoms with E-state index in [0.717, 1.165) is 38.8 Å². The van der Waals surface area contributed by atoms with Crippen LogP contribution in [-0.2, 0) is 10.0 Å². The van der Waals surface area contributed by atoms with Crippen LogP contribution in [0.15, 0.2) is 53.4 Å². The Morgan fingerprint density at radius 2 is 1.93 bits per heavy atom. The minimum atomic E-state index is -3.59. The third-order valence-corrected chi connectivity index (χ3v) is 8.17. The summed E-state index contributed by atoms with van der Waals surface area (Å²) in [5.41, 5.74) is 1.34. The third kappa shape index (κ3) is 3.80. The summed E-state index contributed by atoms with van der Waals surface area (Å²) in [5.74, 6) is -0.148. The lowest BCUT2D eigenvalue weighted by atomic mass is 10.0. The molecule has 6 nitrogen and oxygen atoms in total. The molecule has 2 aromatic carbocycles. The largest absolute Gasteiger partial charge is 0.329 e. The lowest BCUT2D eigenvalue weighted by Crippen LogP contribution is -2.38. The van der Waals surface area contributed by atoms with Crippen LogP contribution in [0.4, 0.5) is 0 Å². The number of aromatic nitrogens is 1. The maximum atomic E-state index is 13.3. The predicted octanol–water partition coefficient (Wildman–Crippen LogP) is 3.91. The van der Waals surface area contributed by atoms with Gasteiger partial charge in [-0.15, -0.1) is 11.3 Å². The molecule has 0 N–H and O–H groups in total. The van der Waals surface area contributed by atoms with Crippen LogP contribution in [0.5, 0.6) is 0 Å². The molecule has 8 heteroatoms. The van der Waals surface area contributed by atoms with Gasteiger partial charge in [0.2, 0.25) is 10.0 Å². The van der Waals surface area contributed by atoms with E-state index in [1.807, 2.05) is 29.2 Å². The number of fused-ring (bicyclic) bond motifs is 1. The number of carbonyl (C=O) groups excluding carboxylic acids is 1. The highest BCUT2D eigenvalue weighted by Gasteiger charge is 2.31. The second-order valence-corrected chi connectivity index (χ2v) is 10.6. The first kappa shape index (κ1) is 20.0. The summed E-state index contributed by atoms with van der Waals surface area (Å²) >= 11 is 1.62. The van der Waals surface area contributed by atoms with Gasteiger partial charge in [0.1, 0.15) is 5.01 Å². The van der Waals surface area contributed by atoms with Gasteiger partial charge in [0, 0.05) is 26.2 Å². The van der Waals surface area contributed by atoms with E-state index >= 15 is 0 Å². The summed E-state index contributed by atoms with van der Waals surface area (Å²) in [7, 11) is -0.627. The number of para-hydroxylation sites is 1. The minimum absolute atomic E-state index is 0.0808. The number of carbonyl (C=O) groups is 1. The van der Waals surface area contributed by atoms with Gasteiger partial charge in [-0.2, -0.15) is 0 Å². The van der Waals surface area contributed by atoms with Crippen LogP contribution in [0.1, 0.15) is 40.7 Å². The number of nitrogens with zero attached hydrogens (tertiary/aromatic N) is 3. The number of thiazole rings is 1. The van der Waals surface area contributed by atoms with E-state index in [0.29, 0.717) is 12.1 Å². The predicted molar refractivity (Wildman–Crippen MR) is 115 cm³/mol. The molecule has 4 rings (SSSR count). The molecule has 0 radical (unpaired) electrons. The molecule has 0 saturated carbocycles. The van der Waals surface area contributed by atoms with Crippen LogP contribution < -0.4 is 0 Å². The molecular weight excluding hydrogens is 406 g/mol. The average molecular weight is 430 g/mol. The van der Waals surface area contributed by atoms with Crippen molar-refractivity contribution < 1.29 is 13.2 Å². The second kappa shape index (κ2) is 7.85. The first-order chi connectivity index (χ1) is 13.9. The Bertz CT molecular complexity index is 1120. The van der Waals surface area contributed by atoms with E-state index in [1.165, 1.54) is 26.2 Å². The SMILES string of the molecule is CN(C)S(=O)(=O)c1cccc(C(=O)N2CCCCC2c2nc3ccccc3s2)c1. The zero-order valence-electron chi connectivity index (χ0n) is 16.4.